The number of fused-ring (bicyclic) bond motifs is 1. The highest BCUT2D eigenvalue weighted by atomic mass is 79.9. The van der Waals surface area contributed by atoms with Gasteiger partial charge in [0.1, 0.15) is 5.60 Å². The molecule has 0 unspecified atom stereocenters. The lowest BCUT2D eigenvalue weighted by atomic mass is 10.2. The molecule has 0 saturated carbocycles. The minimum atomic E-state index is -0.444. The third-order valence-electron chi connectivity index (χ3n) is 2.35. The van der Waals surface area contributed by atoms with Crippen LogP contribution in [0, 0.1) is 0 Å². The van der Waals surface area contributed by atoms with E-state index in [1.807, 2.05) is 20.8 Å². The topological polar surface area (TPSA) is 42.4 Å². The van der Waals surface area contributed by atoms with E-state index in [1.54, 1.807) is 16.2 Å². The zero-order chi connectivity index (χ0) is 12.6. The number of hydrogen-bond donors (Lipinski definition) is 0. The van der Waals surface area contributed by atoms with Crippen molar-refractivity contribution in [1.29, 1.82) is 0 Å². The number of ether oxygens (including phenoxy) is 1. The summed E-state index contributed by atoms with van der Waals surface area (Å²) in [5.41, 5.74) is 0.541. The van der Waals surface area contributed by atoms with Gasteiger partial charge in [-0.2, -0.15) is 0 Å². The van der Waals surface area contributed by atoms with Crippen molar-refractivity contribution >= 4 is 33.4 Å². The molecule has 1 aromatic rings. The maximum Gasteiger partial charge on any atom is 0.410 e. The third kappa shape index (κ3) is 3.19. The molecule has 0 aromatic carbocycles. The lowest BCUT2D eigenvalue weighted by Crippen LogP contribution is -2.39. The highest BCUT2D eigenvalue weighted by Crippen LogP contribution is 2.28. The average molecular weight is 319 g/mol. The minimum absolute atomic E-state index is 0.257. The number of rotatable bonds is 0. The largest absolute Gasteiger partial charge is 0.444 e. The summed E-state index contributed by atoms with van der Waals surface area (Å²) < 4.78 is 6.23. The molecule has 1 aliphatic heterocycles. The second-order valence-corrected chi connectivity index (χ2v) is 7.35. The van der Waals surface area contributed by atoms with Gasteiger partial charge in [0.15, 0.2) is 3.92 Å². The van der Waals surface area contributed by atoms with E-state index in [0.717, 1.165) is 16.0 Å². The van der Waals surface area contributed by atoms with E-state index in [2.05, 4.69) is 20.9 Å². The van der Waals surface area contributed by atoms with Gasteiger partial charge in [0.2, 0.25) is 0 Å². The summed E-state index contributed by atoms with van der Waals surface area (Å²) in [5, 5.41) is 0. The van der Waals surface area contributed by atoms with Crippen molar-refractivity contribution in [3.63, 3.8) is 0 Å². The lowest BCUT2D eigenvalue weighted by Gasteiger charge is -2.29. The van der Waals surface area contributed by atoms with Gasteiger partial charge in [-0.1, -0.05) is 0 Å². The Hall–Kier alpha value is -0.620. The van der Waals surface area contributed by atoms with Crippen LogP contribution in [0.3, 0.4) is 0 Å². The standard InChI is InChI=1S/C11H15BrN2O2S/c1-11(2,3)16-10(15)14-5-4-8-7(6-14)13-9(12)17-8/h4-6H2,1-3H3. The summed E-state index contributed by atoms with van der Waals surface area (Å²) >= 11 is 5.01. The molecule has 0 bridgehead atoms. The summed E-state index contributed by atoms with van der Waals surface area (Å²) in [5.74, 6) is 0. The van der Waals surface area contributed by atoms with E-state index >= 15 is 0 Å². The molecular weight excluding hydrogens is 304 g/mol. The van der Waals surface area contributed by atoms with Crippen molar-refractivity contribution in [1.82, 2.24) is 9.88 Å². The van der Waals surface area contributed by atoms with E-state index in [0.29, 0.717) is 13.1 Å². The van der Waals surface area contributed by atoms with Crippen LogP contribution in [0.2, 0.25) is 0 Å². The van der Waals surface area contributed by atoms with Crippen LogP contribution in [0.5, 0.6) is 0 Å². The first-order chi connectivity index (χ1) is 7.85. The van der Waals surface area contributed by atoms with Gasteiger partial charge in [-0.15, -0.1) is 11.3 Å². The maximum atomic E-state index is 11.9. The quantitative estimate of drug-likeness (QED) is 0.737. The zero-order valence-electron chi connectivity index (χ0n) is 10.1. The molecule has 0 spiro atoms. The Labute approximate surface area is 113 Å². The number of aromatic nitrogens is 1. The lowest BCUT2D eigenvalue weighted by molar-refractivity contribution is 0.0222. The van der Waals surface area contributed by atoms with E-state index in [1.165, 1.54) is 4.88 Å². The SMILES string of the molecule is CC(C)(C)OC(=O)N1CCc2sc(Br)nc2C1. The number of hydrogen-bond acceptors (Lipinski definition) is 4. The van der Waals surface area contributed by atoms with Crippen molar-refractivity contribution in [3.8, 4) is 0 Å². The Bertz CT molecular complexity index is 439. The maximum absolute atomic E-state index is 11.9. The molecule has 2 heterocycles. The van der Waals surface area contributed by atoms with Crippen LogP contribution in [0.15, 0.2) is 3.92 Å². The van der Waals surface area contributed by atoms with Crippen LogP contribution in [-0.4, -0.2) is 28.1 Å². The van der Waals surface area contributed by atoms with Crippen LogP contribution in [-0.2, 0) is 17.7 Å². The van der Waals surface area contributed by atoms with Crippen LogP contribution in [0.1, 0.15) is 31.3 Å². The number of nitrogens with zero attached hydrogens (tertiary/aromatic N) is 2. The minimum Gasteiger partial charge on any atom is -0.444 e. The first-order valence-corrected chi connectivity index (χ1v) is 7.08. The predicted octanol–water partition coefficient (Wildman–Crippen LogP) is 3.20. The van der Waals surface area contributed by atoms with Gasteiger partial charge in [-0.3, -0.25) is 0 Å². The summed E-state index contributed by atoms with van der Waals surface area (Å²) in [6.07, 6.45) is 0.602. The third-order valence-corrected chi connectivity index (χ3v) is 3.96. The number of halogens is 1. The van der Waals surface area contributed by atoms with Crippen LogP contribution in [0.25, 0.3) is 0 Å². The molecule has 0 N–H and O–H groups in total. The van der Waals surface area contributed by atoms with E-state index < -0.39 is 5.60 Å². The van der Waals surface area contributed by atoms with E-state index in [9.17, 15) is 4.79 Å². The summed E-state index contributed by atoms with van der Waals surface area (Å²) in [4.78, 5) is 19.2. The summed E-state index contributed by atoms with van der Waals surface area (Å²) in [6, 6.07) is 0. The zero-order valence-corrected chi connectivity index (χ0v) is 12.5. The normalized spacial score (nSPS) is 15.6. The van der Waals surface area contributed by atoms with Crippen molar-refractivity contribution < 1.29 is 9.53 Å². The molecule has 17 heavy (non-hydrogen) atoms. The number of thiazole rings is 1. The first-order valence-electron chi connectivity index (χ1n) is 5.47. The highest BCUT2D eigenvalue weighted by molar-refractivity contribution is 9.11. The number of carbonyl (C=O) groups excluding carboxylic acids is 1. The molecule has 0 atom stereocenters. The monoisotopic (exact) mass is 318 g/mol. The Morgan fingerprint density at radius 1 is 1.53 bits per heavy atom. The Morgan fingerprint density at radius 2 is 2.24 bits per heavy atom. The van der Waals surface area contributed by atoms with Crippen molar-refractivity contribution in [2.75, 3.05) is 6.54 Å². The van der Waals surface area contributed by atoms with E-state index in [4.69, 9.17) is 4.74 Å². The van der Waals surface area contributed by atoms with Crippen LogP contribution in [0.4, 0.5) is 4.79 Å². The fourth-order valence-corrected chi connectivity index (χ4v) is 3.23. The Balaban J connectivity index is 2.05. The summed E-state index contributed by atoms with van der Waals surface area (Å²) in [6.45, 7) is 6.88. The van der Waals surface area contributed by atoms with Gasteiger partial charge in [0.05, 0.1) is 12.2 Å². The second-order valence-electron chi connectivity index (χ2n) is 4.99. The molecule has 4 nitrogen and oxygen atoms in total. The van der Waals surface area contributed by atoms with Gasteiger partial charge in [0.25, 0.3) is 0 Å². The molecule has 1 amide bonds. The molecule has 0 aliphatic carbocycles. The smallest absolute Gasteiger partial charge is 0.410 e. The first kappa shape index (κ1) is 12.8. The summed E-state index contributed by atoms with van der Waals surface area (Å²) in [7, 11) is 0. The van der Waals surface area contributed by atoms with Crippen molar-refractivity contribution in [3.05, 3.63) is 14.5 Å². The van der Waals surface area contributed by atoms with Gasteiger partial charge < -0.3 is 9.64 Å². The molecule has 1 aliphatic rings. The molecule has 0 fully saturated rings. The van der Waals surface area contributed by atoms with Crippen molar-refractivity contribution in [2.45, 2.75) is 39.3 Å². The van der Waals surface area contributed by atoms with Crippen molar-refractivity contribution in [2.24, 2.45) is 0 Å². The van der Waals surface area contributed by atoms with Crippen LogP contribution < -0.4 is 0 Å². The molecule has 2 rings (SSSR count). The van der Waals surface area contributed by atoms with E-state index in [-0.39, 0.29) is 6.09 Å². The molecule has 6 heteroatoms. The van der Waals surface area contributed by atoms with Gasteiger partial charge >= 0.3 is 6.09 Å². The number of carbonyl (C=O) groups is 1. The molecule has 94 valence electrons. The predicted molar refractivity (Wildman–Crippen MR) is 70.2 cm³/mol. The second kappa shape index (κ2) is 4.57. The van der Waals surface area contributed by atoms with Gasteiger partial charge in [0, 0.05) is 17.8 Å². The van der Waals surface area contributed by atoms with Crippen LogP contribution >= 0.6 is 27.3 Å². The fraction of sp³-hybridized carbons (Fsp3) is 0.636. The molecule has 0 radical (unpaired) electrons. The van der Waals surface area contributed by atoms with Gasteiger partial charge in [-0.25, -0.2) is 9.78 Å². The van der Waals surface area contributed by atoms with Gasteiger partial charge in [-0.05, 0) is 36.7 Å². The number of amides is 1. The Morgan fingerprint density at radius 3 is 2.88 bits per heavy atom. The molecule has 0 saturated heterocycles. The average Bonchev–Trinajstić information content (AvgIpc) is 2.53. The fourth-order valence-electron chi connectivity index (χ4n) is 1.65. The molecule has 1 aromatic heterocycles. The molecular formula is C11H15BrN2O2S. The Kier molecular flexibility index (Phi) is 3.45. The highest BCUT2D eigenvalue weighted by Gasteiger charge is 2.27.